The van der Waals surface area contributed by atoms with Crippen LogP contribution in [0, 0.1) is 0 Å². The maximum Gasteiger partial charge on any atom is 0.417 e. The molecule has 2 rings (SSSR count). The summed E-state index contributed by atoms with van der Waals surface area (Å²) in [5.41, 5.74) is -0.160. The van der Waals surface area contributed by atoms with E-state index in [-0.39, 0.29) is 26.6 Å². The van der Waals surface area contributed by atoms with E-state index in [1.54, 1.807) is 12.1 Å². The van der Waals surface area contributed by atoms with Crippen LogP contribution in [0.3, 0.4) is 0 Å². The molecule has 12 heteroatoms. The Morgan fingerprint density at radius 2 is 1.89 bits per heavy atom. The number of carbonyl (C=O) groups excluding carboxylic acids is 1. The van der Waals surface area contributed by atoms with E-state index >= 15 is 0 Å². The average molecular weight is 454 g/mol. The molecule has 152 valence electrons. The number of pyridine rings is 1. The number of hydrogen-bond donors (Lipinski definition) is 2. The molecule has 1 amide bonds. The molecule has 0 aliphatic heterocycles. The molecule has 0 fully saturated rings. The van der Waals surface area contributed by atoms with E-state index in [1.807, 2.05) is 0 Å². The number of nitrogens with two attached hydrogens (primary N) is 1. The number of sulfonamides is 1. The van der Waals surface area contributed by atoms with Crippen LogP contribution in [0.25, 0.3) is 0 Å². The molecule has 1 heterocycles. The van der Waals surface area contributed by atoms with E-state index in [0.717, 1.165) is 23.4 Å². The lowest BCUT2D eigenvalue weighted by Gasteiger charge is -2.09. The molecule has 0 radical (unpaired) electrons. The highest BCUT2D eigenvalue weighted by molar-refractivity contribution is 8.00. The molecule has 0 saturated carbocycles. The molecule has 0 atom stereocenters. The normalized spacial score (nSPS) is 12.0. The molecule has 1 aromatic heterocycles. The first kappa shape index (κ1) is 22.5. The zero-order valence-corrected chi connectivity index (χ0v) is 16.6. The van der Waals surface area contributed by atoms with Gasteiger partial charge in [0.15, 0.2) is 0 Å². The SMILES string of the molecule is NS(=O)(=O)c1ccc(CCNC(=O)CSc2ncc(C(F)(F)F)cc2Cl)cc1. The van der Waals surface area contributed by atoms with Crippen molar-refractivity contribution >= 4 is 39.3 Å². The van der Waals surface area contributed by atoms with Crippen molar-refractivity contribution < 1.29 is 26.4 Å². The van der Waals surface area contributed by atoms with Crippen LogP contribution in [0.1, 0.15) is 11.1 Å². The van der Waals surface area contributed by atoms with Gasteiger partial charge in [-0.3, -0.25) is 4.79 Å². The number of alkyl halides is 3. The highest BCUT2D eigenvalue weighted by Crippen LogP contribution is 2.33. The molecule has 0 aliphatic rings. The molecule has 28 heavy (non-hydrogen) atoms. The van der Waals surface area contributed by atoms with E-state index < -0.39 is 21.8 Å². The van der Waals surface area contributed by atoms with Crippen molar-refractivity contribution in [1.29, 1.82) is 0 Å². The number of benzene rings is 1. The minimum absolute atomic E-state index is 0.00222. The van der Waals surface area contributed by atoms with Crippen LogP contribution < -0.4 is 10.5 Å². The summed E-state index contributed by atoms with van der Waals surface area (Å²) >= 11 is 6.70. The fraction of sp³-hybridized carbons (Fsp3) is 0.250. The number of rotatable bonds is 7. The topological polar surface area (TPSA) is 102 Å². The number of thioether (sulfide) groups is 1. The number of primary sulfonamides is 1. The van der Waals surface area contributed by atoms with E-state index in [0.29, 0.717) is 19.2 Å². The van der Waals surface area contributed by atoms with Crippen LogP contribution in [-0.2, 0) is 27.4 Å². The Balaban J connectivity index is 1.80. The second-order valence-electron chi connectivity index (χ2n) is 5.59. The van der Waals surface area contributed by atoms with Crippen molar-refractivity contribution in [2.75, 3.05) is 12.3 Å². The maximum absolute atomic E-state index is 12.6. The summed E-state index contributed by atoms with van der Waals surface area (Å²) in [6, 6.07) is 6.69. The van der Waals surface area contributed by atoms with Crippen LogP contribution in [0.5, 0.6) is 0 Å². The summed E-state index contributed by atoms with van der Waals surface area (Å²) in [7, 11) is -3.75. The Morgan fingerprint density at radius 3 is 2.43 bits per heavy atom. The summed E-state index contributed by atoms with van der Waals surface area (Å²) in [6.07, 6.45) is -3.42. The van der Waals surface area contributed by atoms with Crippen molar-refractivity contribution in [3.63, 3.8) is 0 Å². The highest BCUT2D eigenvalue weighted by Gasteiger charge is 2.31. The highest BCUT2D eigenvalue weighted by atomic mass is 35.5. The van der Waals surface area contributed by atoms with Crippen molar-refractivity contribution in [2.45, 2.75) is 22.5 Å². The van der Waals surface area contributed by atoms with E-state index in [4.69, 9.17) is 16.7 Å². The van der Waals surface area contributed by atoms with Gasteiger partial charge in [-0.15, -0.1) is 0 Å². The smallest absolute Gasteiger partial charge is 0.355 e. The van der Waals surface area contributed by atoms with Gasteiger partial charge in [-0.25, -0.2) is 18.5 Å². The Morgan fingerprint density at radius 1 is 1.25 bits per heavy atom. The second-order valence-corrected chi connectivity index (χ2v) is 8.52. The summed E-state index contributed by atoms with van der Waals surface area (Å²) < 4.78 is 60.1. The molecule has 0 aliphatic carbocycles. The van der Waals surface area contributed by atoms with Gasteiger partial charge in [0.25, 0.3) is 0 Å². The van der Waals surface area contributed by atoms with Crippen molar-refractivity contribution in [3.8, 4) is 0 Å². The number of nitrogens with zero attached hydrogens (tertiary/aromatic N) is 1. The maximum atomic E-state index is 12.6. The van der Waals surface area contributed by atoms with Crippen molar-refractivity contribution in [2.24, 2.45) is 5.14 Å². The van der Waals surface area contributed by atoms with Gasteiger partial charge in [0.2, 0.25) is 15.9 Å². The molecule has 0 spiro atoms. The molecular formula is C16H15ClF3N3O3S2. The van der Waals surface area contributed by atoms with Crippen LogP contribution >= 0.6 is 23.4 Å². The first-order chi connectivity index (χ1) is 13.0. The number of aromatic nitrogens is 1. The molecule has 0 saturated heterocycles. The van der Waals surface area contributed by atoms with Gasteiger partial charge < -0.3 is 5.32 Å². The first-order valence-corrected chi connectivity index (χ1v) is 10.6. The monoisotopic (exact) mass is 453 g/mol. The number of carbonyl (C=O) groups is 1. The summed E-state index contributed by atoms with van der Waals surface area (Å²) in [4.78, 5) is 15.5. The van der Waals surface area contributed by atoms with Gasteiger partial charge >= 0.3 is 6.18 Å². The third kappa shape index (κ3) is 6.66. The minimum atomic E-state index is -4.54. The quantitative estimate of drug-likeness (QED) is 0.627. The van der Waals surface area contributed by atoms with Crippen LogP contribution in [-0.4, -0.2) is 31.6 Å². The van der Waals surface area contributed by atoms with Gasteiger partial charge in [0, 0.05) is 12.7 Å². The van der Waals surface area contributed by atoms with Crippen molar-refractivity contribution in [3.05, 3.63) is 52.7 Å². The number of amides is 1. The minimum Gasteiger partial charge on any atom is -0.355 e. The van der Waals surface area contributed by atoms with Crippen molar-refractivity contribution in [1.82, 2.24) is 10.3 Å². The third-order valence-corrected chi connectivity index (χ3v) is 5.80. The zero-order valence-electron chi connectivity index (χ0n) is 14.2. The summed E-state index contributed by atoms with van der Waals surface area (Å²) in [6.45, 7) is 0.294. The molecule has 1 aromatic carbocycles. The van der Waals surface area contributed by atoms with Gasteiger partial charge in [0.1, 0.15) is 5.03 Å². The average Bonchev–Trinajstić information content (AvgIpc) is 2.59. The number of halogens is 4. The van der Waals surface area contributed by atoms with Gasteiger partial charge in [-0.05, 0) is 30.2 Å². The molecule has 0 unspecified atom stereocenters. The van der Waals surface area contributed by atoms with Crippen LogP contribution in [0.4, 0.5) is 13.2 Å². The van der Waals surface area contributed by atoms with E-state index in [1.165, 1.54) is 12.1 Å². The Labute approximate surface area is 168 Å². The zero-order chi connectivity index (χ0) is 20.9. The lowest BCUT2D eigenvalue weighted by Crippen LogP contribution is -2.27. The van der Waals surface area contributed by atoms with Gasteiger partial charge in [-0.2, -0.15) is 13.2 Å². The number of hydrogen-bond acceptors (Lipinski definition) is 5. The Kier molecular flexibility index (Phi) is 7.32. The fourth-order valence-corrected chi connectivity index (χ4v) is 3.60. The predicted octanol–water partition coefficient (Wildman–Crippen LogP) is 2.85. The summed E-state index contributed by atoms with van der Waals surface area (Å²) in [5, 5.41) is 7.61. The van der Waals surface area contributed by atoms with Gasteiger partial charge in [0.05, 0.1) is 21.2 Å². The fourth-order valence-electron chi connectivity index (χ4n) is 2.06. The van der Waals surface area contributed by atoms with Gasteiger partial charge in [-0.1, -0.05) is 35.5 Å². The standard InChI is InChI=1S/C16H15ClF3N3O3S2/c17-13-7-11(16(18,19)20)8-23-15(13)27-9-14(24)22-6-5-10-1-3-12(4-2-10)28(21,25)26/h1-4,7-8H,5-6,9H2,(H,22,24)(H2,21,25,26). The molecule has 3 N–H and O–H groups in total. The summed E-state index contributed by atoms with van der Waals surface area (Å²) in [5.74, 6) is -0.411. The van der Waals surface area contributed by atoms with Crippen LogP contribution in [0.2, 0.25) is 5.02 Å². The third-order valence-electron chi connectivity index (χ3n) is 3.46. The van der Waals surface area contributed by atoms with Crippen LogP contribution in [0.15, 0.2) is 46.5 Å². The second kappa shape index (κ2) is 9.12. The Bertz CT molecular complexity index is 952. The van der Waals surface area contributed by atoms with E-state index in [9.17, 15) is 26.4 Å². The largest absolute Gasteiger partial charge is 0.417 e. The lowest BCUT2D eigenvalue weighted by molar-refractivity contribution is -0.137. The molecule has 0 bridgehead atoms. The Hall–Kier alpha value is -1.82. The lowest BCUT2D eigenvalue weighted by atomic mass is 10.1. The predicted molar refractivity (Wildman–Crippen MR) is 99.5 cm³/mol. The van der Waals surface area contributed by atoms with E-state index in [2.05, 4.69) is 10.3 Å². The molecule has 2 aromatic rings. The molecule has 6 nitrogen and oxygen atoms in total. The molecular weight excluding hydrogens is 439 g/mol. The first-order valence-electron chi connectivity index (χ1n) is 7.71. The number of nitrogens with one attached hydrogen (secondary N) is 1.